The van der Waals surface area contributed by atoms with Gasteiger partial charge in [-0.15, -0.1) is 0 Å². The summed E-state index contributed by atoms with van der Waals surface area (Å²) in [5, 5.41) is 10.4. The topological polar surface area (TPSA) is 81.8 Å². The number of likely N-dealkylation sites (tertiary alicyclic amines) is 1. The van der Waals surface area contributed by atoms with Crippen molar-refractivity contribution in [3.63, 3.8) is 0 Å². The van der Waals surface area contributed by atoms with E-state index in [4.69, 9.17) is 0 Å². The molecule has 1 fully saturated rings. The van der Waals surface area contributed by atoms with Gasteiger partial charge >= 0.3 is 0 Å². The molecule has 0 aliphatic carbocycles. The lowest BCUT2D eigenvalue weighted by molar-refractivity contribution is 0.215. The van der Waals surface area contributed by atoms with Crippen molar-refractivity contribution in [3.8, 4) is 0 Å². The van der Waals surface area contributed by atoms with Crippen molar-refractivity contribution in [2.24, 2.45) is 0 Å². The fraction of sp³-hybridized carbons (Fsp3) is 0.433. The van der Waals surface area contributed by atoms with Crippen molar-refractivity contribution in [2.45, 2.75) is 72.9 Å². The number of aromatic amines is 1. The van der Waals surface area contributed by atoms with Crippen LogP contribution in [0.2, 0.25) is 0 Å². The Morgan fingerprint density at radius 1 is 0.974 bits per heavy atom. The second-order valence-corrected chi connectivity index (χ2v) is 8.68. The van der Waals surface area contributed by atoms with Crippen molar-refractivity contribution in [1.82, 2.24) is 36.1 Å². The fourth-order valence-electron chi connectivity index (χ4n) is 4.22. The smallest absolute Gasteiger partial charge is 0.130 e. The van der Waals surface area contributed by atoms with Gasteiger partial charge in [0.05, 0.1) is 17.9 Å². The highest BCUT2D eigenvalue weighted by molar-refractivity contribution is 5.36. The predicted molar refractivity (Wildman–Crippen MR) is 153 cm³/mol. The summed E-state index contributed by atoms with van der Waals surface area (Å²) in [6, 6.07) is 8.27. The second kappa shape index (κ2) is 18.0. The lowest BCUT2D eigenvalue weighted by Crippen LogP contribution is -2.29. The Balaban J connectivity index is 0.000000250. The van der Waals surface area contributed by atoms with Crippen LogP contribution in [0.3, 0.4) is 0 Å². The number of benzene rings is 1. The summed E-state index contributed by atoms with van der Waals surface area (Å²) < 4.78 is 26.7. The van der Waals surface area contributed by atoms with Gasteiger partial charge in [0.1, 0.15) is 11.6 Å². The number of nitrogens with zero attached hydrogens (tertiary/aromatic N) is 4. The molecule has 7 nitrogen and oxygen atoms in total. The first-order valence-corrected chi connectivity index (χ1v) is 13.9. The molecule has 1 unspecified atom stereocenters. The molecule has 2 aliphatic heterocycles. The first kappa shape index (κ1) is 31.8. The molecule has 9 heteroatoms. The van der Waals surface area contributed by atoms with E-state index in [1.165, 1.54) is 35.8 Å². The van der Waals surface area contributed by atoms with E-state index in [0.29, 0.717) is 6.54 Å². The average molecular weight is 540 g/mol. The van der Waals surface area contributed by atoms with Crippen LogP contribution < -0.4 is 10.9 Å². The summed E-state index contributed by atoms with van der Waals surface area (Å²) in [6.45, 7) is 12.4. The van der Waals surface area contributed by atoms with Crippen LogP contribution in [0.1, 0.15) is 76.7 Å². The zero-order chi connectivity index (χ0) is 28.5. The third-order valence-corrected chi connectivity index (χ3v) is 6.22. The third kappa shape index (κ3) is 10.00. The van der Waals surface area contributed by atoms with Crippen LogP contribution in [0.5, 0.6) is 0 Å². The van der Waals surface area contributed by atoms with Gasteiger partial charge in [0.25, 0.3) is 0 Å². The normalized spacial score (nSPS) is 16.8. The largest absolute Gasteiger partial charge is 0.321 e. The Morgan fingerprint density at radius 2 is 1.64 bits per heavy atom. The second-order valence-electron chi connectivity index (χ2n) is 8.68. The molecule has 212 valence electrons. The number of hydrogen-bond acceptors (Lipinski definition) is 6. The Morgan fingerprint density at radius 3 is 2.26 bits per heavy atom. The number of hydrogen-bond donors (Lipinski definition) is 3. The molecule has 3 N–H and O–H groups in total. The monoisotopic (exact) mass is 539 g/mol. The summed E-state index contributed by atoms with van der Waals surface area (Å²) >= 11 is 0. The number of piperidine rings is 1. The van der Waals surface area contributed by atoms with Crippen LogP contribution in [0.25, 0.3) is 0 Å². The number of nitrogens with one attached hydrogen (secondary N) is 3. The molecule has 0 spiro atoms. The van der Waals surface area contributed by atoms with E-state index in [1.807, 2.05) is 52.2 Å². The lowest BCUT2D eigenvalue weighted by Gasteiger charge is -2.26. The molecule has 0 saturated carbocycles. The van der Waals surface area contributed by atoms with Gasteiger partial charge in [0.15, 0.2) is 0 Å². The number of rotatable bonds is 6. The number of H-pyrrole nitrogens is 1. The number of hydrazine groups is 1. The Labute approximate surface area is 231 Å². The maximum Gasteiger partial charge on any atom is 0.130 e. The molecule has 5 rings (SSSR count). The molecule has 3 aromatic rings. The Hall–Kier alpha value is -3.43. The summed E-state index contributed by atoms with van der Waals surface area (Å²) in [4.78, 5) is 6.16. The lowest BCUT2D eigenvalue weighted by atomic mass is 10.0. The zero-order valence-electron chi connectivity index (χ0n) is 23.8. The SMILES string of the molecule is CC.CC.CC1=C(/C=C\Cc2cn[nH]n2)NNC1c1ccncc1.Fc1cccc(F)c1CN1CCCCC1. The number of halogens is 2. The molecule has 1 atom stereocenters. The van der Waals surface area contributed by atoms with Gasteiger partial charge in [-0.3, -0.25) is 9.88 Å². The molecular weight excluding hydrogens is 496 g/mol. The van der Waals surface area contributed by atoms with E-state index >= 15 is 0 Å². The van der Waals surface area contributed by atoms with Crippen LogP contribution in [-0.2, 0) is 13.0 Å². The summed E-state index contributed by atoms with van der Waals surface area (Å²) in [5.74, 6) is -0.860. The molecule has 2 aromatic heterocycles. The van der Waals surface area contributed by atoms with Crippen LogP contribution in [0, 0.1) is 11.6 Å². The van der Waals surface area contributed by atoms with Gasteiger partial charge < -0.3 is 5.43 Å². The van der Waals surface area contributed by atoms with Gasteiger partial charge in [-0.25, -0.2) is 14.2 Å². The van der Waals surface area contributed by atoms with Crippen molar-refractivity contribution in [2.75, 3.05) is 13.1 Å². The van der Waals surface area contributed by atoms with Crippen LogP contribution >= 0.6 is 0 Å². The molecule has 0 amide bonds. The van der Waals surface area contributed by atoms with Crippen molar-refractivity contribution in [1.29, 1.82) is 0 Å². The minimum Gasteiger partial charge on any atom is -0.321 e. The van der Waals surface area contributed by atoms with E-state index in [9.17, 15) is 8.78 Å². The van der Waals surface area contributed by atoms with Crippen molar-refractivity contribution >= 4 is 0 Å². The van der Waals surface area contributed by atoms with E-state index in [1.54, 1.807) is 6.20 Å². The highest BCUT2D eigenvalue weighted by Crippen LogP contribution is 2.26. The first-order valence-electron chi connectivity index (χ1n) is 13.9. The molecule has 1 saturated heterocycles. The average Bonchev–Trinajstić information content (AvgIpc) is 3.64. The molecular formula is C30H43F2N7. The fourth-order valence-corrected chi connectivity index (χ4v) is 4.22. The van der Waals surface area contributed by atoms with Crippen LogP contribution in [0.15, 0.2) is 72.3 Å². The molecule has 39 heavy (non-hydrogen) atoms. The maximum atomic E-state index is 13.3. The Bertz CT molecular complexity index is 1110. The van der Waals surface area contributed by atoms with Gasteiger partial charge in [-0.1, -0.05) is 46.3 Å². The number of aromatic nitrogens is 4. The third-order valence-electron chi connectivity index (χ3n) is 6.22. The maximum absolute atomic E-state index is 13.3. The van der Waals surface area contributed by atoms with Crippen molar-refractivity contribution in [3.05, 3.63) is 101 Å². The summed E-state index contributed by atoms with van der Waals surface area (Å²) in [7, 11) is 0. The van der Waals surface area contributed by atoms with E-state index in [2.05, 4.69) is 55.2 Å². The van der Waals surface area contributed by atoms with E-state index in [-0.39, 0.29) is 11.6 Å². The Kier molecular flexibility index (Phi) is 14.6. The van der Waals surface area contributed by atoms with Gasteiger partial charge in [0.2, 0.25) is 0 Å². The number of allylic oxidation sites excluding steroid dienone is 2. The van der Waals surface area contributed by atoms with E-state index < -0.39 is 11.6 Å². The first-order chi connectivity index (χ1) is 19.1. The summed E-state index contributed by atoms with van der Waals surface area (Å²) in [5.41, 5.74) is 11.2. The van der Waals surface area contributed by atoms with Crippen LogP contribution in [-0.4, -0.2) is 38.4 Å². The van der Waals surface area contributed by atoms with E-state index in [0.717, 1.165) is 43.7 Å². The van der Waals surface area contributed by atoms with Gasteiger partial charge in [-0.05, 0) is 74.3 Å². The van der Waals surface area contributed by atoms with Crippen LogP contribution in [0.4, 0.5) is 8.78 Å². The molecule has 0 radical (unpaired) electrons. The molecule has 1 aromatic carbocycles. The zero-order valence-corrected chi connectivity index (χ0v) is 23.8. The standard InChI is InChI=1S/C14H16N6.C12H15F2N.2C2H6/c1-10-13(4-2-3-12-9-16-20-17-12)18-19-14(10)11-5-7-15-8-6-11;13-11-5-4-6-12(14)10(11)9-15-7-2-1-3-8-15;2*1-2/h2,4-9,14,18-19H,3H2,1H3,(H,16,17,20);4-6H,1-3,7-9H2;2*1-2H3/b4-2-;;;. The molecule has 4 heterocycles. The molecule has 2 aliphatic rings. The highest BCUT2D eigenvalue weighted by atomic mass is 19.1. The highest BCUT2D eigenvalue weighted by Gasteiger charge is 2.21. The summed E-state index contributed by atoms with van der Waals surface area (Å²) in [6.07, 6.45) is 13.7. The predicted octanol–water partition coefficient (Wildman–Crippen LogP) is 6.42. The van der Waals surface area contributed by atoms with Gasteiger partial charge in [-0.2, -0.15) is 15.4 Å². The minimum absolute atomic E-state index is 0.185. The quantitative estimate of drug-likeness (QED) is 0.335. The number of pyridine rings is 1. The molecule has 0 bridgehead atoms. The van der Waals surface area contributed by atoms with Crippen molar-refractivity contribution < 1.29 is 8.78 Å². The van der Waals surface area contributed by atoms with Gasteiger partial charge in [0, 0.05) is 36.6 Å². The minimum atomic E-state index is -0.430.